The highest BCUT2D eigenvalue weighted by molar-refractivity contribution is 6.76. The van der Waals surface area contributed by atoms with Gasteiger partial charge in [0.15, 0.2) is 8.32 Å². The van der Waals surface area contributed by atoms with Crippen molar-refractivity contribution < 1.29 is 13.6 Å². The van der Waals surface area contributed by atoms with Crippen molar-refractivity contribution in [2.75, 3.05) is 0 Å². The molecule has 0 aliphatic carbocycles. The molecular weight excluding hydrogens is 320 g/mol. The molecule has 0 aromatic rings. The minimum Gasteiger partial charge on any atom is -0.517 e. The zero-order valence-electron chi connectivity index (χ0n) is 17.6. The van der Waals surface area contributed by atoms with E-state index >= 15 is 0 Å². The number of hydrogen-bond donors (Lipinski definition) is 0. The molecular formula is C18H40O3Si2. The summed E-state index contributed by atoms with van der Waals surface area (Å²) in [4.78, 5) is 12.9. The first-order chi connectivity index (χ1) is 9.96. The van der Waals surface area contributed by atoms with Crippen LogP contribution < -0.4 is 0 Å². The molecule has 0 N–H and O–H groups in total. The van der Waals surface area contributed by atoms with Crippen molar-refractivity contribution in [3.8, 4) is 0 Å². The molecule has 0 spiro atoms. The first-order valence-corrected chi connectivity index (χ1v) is 14.7. The third-order valence-electron chi connectivity index (χ3n) is 5.78. The third-order valence-corrected chi connectivity index (χ3v) is 14.6. The maximum atomic E-state index is 12.9. The van der Waals surface area contributed by atoms with Gasteiger partial charge in [-0.15, -0.1) is 0 Å². The van der Waals surface area contributed by atoms with Gasteiger partial charge in [0.2, 0.25) is 0 Å². The van der Waals surface area contributed by atoms with Crippen molar-refractivity contribution in [3.05, 3.63) is 0 Å². The molecule has 2 atom stereocenters. The van der Waals surface area contributed by atoms with E-state index in [4.69, 9.17) is 8.85 Å². The Kier molecular flexibility index (Phi) is 7.36. The summed E-state index contributed by atoms with van der Waals surface area (Å²) in [6, 6.07) is 0. The van der Waals surface area contributed by atoms with E-state index in [1.54, 1.807) is 0 Å². The van der Waals surface area contributed by atoms with Crippen molar-refractivity contribution in [1.82, 2.24) is 0 Å². The molecule has 0 aromatic carbocycles. The summed E-state index contributed by atoms with van der Waals surface area (Å²) in [7, 11) is -4.14. The van der Waals surface area contributed by atoms with Crippen molar-refractivity contribution in [2.24, 2.45) is 5.92 Å². The molecule has 5 heteroatoms. The molecule has 0 aliphatic heterocycles. The average Bonchev–Trinajstić information content (AvgIpc) is 2.31. The molecule has 138 valence electrons. The van der Waals surface area contributed by atoms with E-state index < -0.39 is 22.7 Å². The fourth-order valence-corrected chi connectivity index (χ4v) is 3.81. The second kappa shape index (κ2) is 7.40. The lowest BCUT2D eigenvalue weighted by Crippen LogP contribution is -2.51. The fraction of sp³-hybridized carbons (Fsp3) is 0.944. The van der Waals surface area contributed by atoms with Crippen LogP contribution >= 0.6 is 0 Å². The van der Waals surface area contributed by atoms with Gasteiger partial charge in [0.1, 0.15) is 6.10 Å². The fourth-order valence-electron chi connectivity index (χ4n) is 1.57. The summed E-state index contributed by atoms with van der Waals surface area (Å²) in [5, 5.41) is 0.0929. The minimum atomic E-state index is -2.12. The molecule has 0 heterocycles. The highest BCUT2D eigenvalue weighted by Crippen LogP contribution is 2.40. The molecule has 0 bridgehead atoms. The highest BCUT2D eigenvalue weighted by Gasteiger charge is 2.46. The molecule has 0 aliphatic rings. The van der Waals surface area contributed by atoms with E-state index in [-0.39, 0.29) is 22.0 Å². The lowest BCUT2D eigenvalue weighted by Gasteiger charge is -2.42. The summed E-state index contributed by atoms with van der Waals surface area (Å²) < 4.78 is 12.5. The first kappa shape index (κ1) is 22.9. The van der Waals surface area contributed by atoms with Gasteiger partial charge in [-0.05, 0) is 42.2 Å². The summed E-state index contributed by atoms with van der Waals surface area (Å²) in [5.41, 5.74) is 0. The Balaban J connectivity index is 5.40. The second-order valence-electron chi connectivity index (χ2n) is 9.87. The summed E-state index contributed by atoms with van der Waals surface area (Å²) in [6.07, 6.45) is 0.460. The van der Waals surface area contributed by atoms with Gasteiger partial charge in [0.25, 0.3) is 8.32 Å². The Morgan fingerprint density at radius 1 is 0.913 bits per heavy atom. The van der Waals surface area contributed by atoms with E-state index in [9.17, 15) is 4.79 Å². The molecule has 0 amide bonds. The van der Waals surface area contributed by atoms with Crippen LogP contribution in [0.5, 0.6) is 0 Å². The standard InChI is InChI=1S/C18H40O3Si2/c1-13-14(2)15(20-22(9,10)17(3,4)5)16(19)21-23(11,12)18(6,7)8/h14-15H,13H2,1-12H3. The Labute approximate surface area is 146 Å². The lowest BCUT2D eigenvalue weighted by atomic mass is 10.0. The average molecular weight is 361 g/mol. The van der Waals surface area contributed by atoms with Gasteiger partial charge in [-0.25, -0.2) is 0 Å². The largest absolute Gasteiger partial charge is 0.517 e. The van der Waals surface area contributed by atoms with E-state index in [0.29, 0.717) is 0 Å². The molecule has 23 heavy (non-hydrogen) atoms. The van der Waals surface area contributed by atoms with Gasteiger partial charge < -0.3 is 8.85 Å². The van der Waals surface area contributed by atoms with Crippen molar-refractivity contribution in [3.63, 3.8) is 0 Å². The van der Waals surface area contributed by atoms with Crippen molar-refractivity contribution in [2.45, 2.75) is 104 Å². The van der Waals surface area contributed by atoms with Gasteiger partial charge in [-0.1, -0.05) is 61.8 Å². The predicted octanol–water partition coefficient (Wildman–Crippen LogP) is 5.97. The number of carbonyl (C=O) groups is 1. The quantitative estimate of drug-likeness (QED) is 0.547. The second-order valence-corrected chi connectivity index (χ2v) is 19.3. The molecule has 0 rings (SSSR count). The van der Waals surface area contributed by atoms with Crippen molar-refractivity contribution >= 4 is 22.6 Å². The summed E-state index contributed by atoms with van der Waals surface area (Å²) in [5.74, 6) is 0.0113. The van der Waals surface area contributed by atoms with E-state index in [0.717, 1.165) is 6.42 Å². The smallest absolute Gasteiger partial charge is 0.321 e. The minimum absolute atomic E-state index is 0.0135. The number of carbonyl (C=O) groups excluding carboxylic acids is 1. The van der Waals surface area contributed by atoms with Crippen LogP contribution in [0.2, 0.25) is 36.3 Å². The van der Waals surface area contributed by atoms with Crippen LogP contribution in [0.25, 0.3) is 0 Å². The first-order valence-electron chi connectivity index (χ1n) is 8.87. The van der Waals surface area contributed by atoms with Gasteiger partial charge in [0, 0.05) is 0 Å². The zero-order valence-corrected chi connectivity index (χ0v) is 19.6. The van der Waals surface area contributed by atoms with Crippen LogP contribution in [0.4, 0.5) is 0 Å². The monoisotopic (exact) mass is 360 g/mol. The molecule has 0 saturated heterocycles. The molecule has 0 fully saturated rings. The predicted molar refractivity (Wildman–Crippen MR) is 105 cm³/mol. The van der Waals surface area contributed by atoms with E-state index in [1.165, 1.54) is 0 Å². The molecule has 0 aromatic heterocycles. The van der Waals surface area contributed by atoms with Crippen molar-refractivity contribution in [1.29, 1.82) is 0 Å². The zero-order chi connectivity index (χ0) is 18.9. The Bertz CT molecular complexity index is 403. The normalized spacial score (nSPS) is 16.9. The SMILES string of the molecule is CCC(C)C(O[Si](C)(C)C(C)(C)C)C(=O)O[Si](C)(C)C(C)(C)C. The number of rotatable bonds is 6. The summed E-state index contributed by atoms with van der Waals surface area (Å²) in [6.45, 7) is 25.9. The Hall–Kier alpha value is -0.136. The third kappa shape index (κ3) is 6.02. The van der Waals surface area contributed by atoms with Crippen LogP contribution in [-0.2, 0) is 13.6 Å². The maximum absolute atomic E-state index is 12.9. The molecule has 3 nitrogen and oxygen atoms in total. The molecule has 2 unspecified atom stereocenters. The van der Waals surface area contributed by atoms with E-state index in [1.807, 2.05) is 0 Å². The van der Waals surface area contributed by atoms with Crippen LogP contribution in [0.15, 0.2) is 0 Å². The van der Waals surface area contributed by atoms with Crippen LogP contribution in [0.1, 0.15) is 61.8 Å². The van der Waals surface area contributed by atoms with Gasteiger partial charge in [-0.2, -0.15) is 0 Å². The van der Waals surface area contributed by atoms with Crippen LogP contribution in [0, 0.1) is 5.92 Å². The Morgan fingerprint density at radius 2 is 1.30 bits per heavy atom. The Morgan fingerprint density at radius 3 is 1.61 bits per heavy atom. The van der Waals surface area contributed by atoms with E-state index in [2.05, 4.69) is 81.6 Å². The molecule has 0 saturated carbocycles. The number of hydrogen-bond acceptors (Lipinski definition) is 3. The topological polar surface area (TPSA) is 35.5 Å². The highest BCUT2D eigenvalue weighted by atomic mass is 28.4. The van der Waals surface area contributed by atoms with Gasteiger partial charge in [0.05, 0.1) is 0 Å². The summed E-state index contributed by atoms with van der Waals surface area (Å²) >= 11 is 0. The van der Waals surface area contributed by atoms with Gasteiger partial charge >= 0.3 is 5.97 Å². The maximum Gasteiger partial charge on any atom is 0.321 e. The molecule has 0 radical (unpaired) electrons. The van der Waals surface area contributed by atoms with Crippen LogP contribution in [-0.4, -0.2) is 28.7 Å². The van der Waals surface area contributed by atoms with Crippen LogP contribution in [0.3, 0.4) is 0 Å². The lowest BCUT2D eigenvalue weighted by molar-refractivity contribution is -0.146. The van der Waals surface area contributed by atoms with Gasteiger partial charge in [-0.3, -0.25) is 4.79 Å².